The zero-order valence-corrected chi connectivity index (χ0v) is 14.8. The number of amides is 1. The van der Waals surface area contributed by atoms with Crippen LogP contribution in [0.4, 0.5) is 0 Å². The van der Waals surface area contributed by atoms with Crippen LogP contribution in [0.5, 0.6) is 0 Å². The van der Waals surface area contributed by atoms with Gasteiger partial charge in [-0.05, 0) is 45.4 Å². The second kappa shape index (κ2) is 6.84. The molecule has 2 saturated heterocycles. The fourth-order valence-corrected chi connectivity index (χ4v) is 5.22. The maximum atomic E-state index is 13.0. The highest BCUT2D eigenvalue weighted by molar-refractivity contribution is 7.92. The molecule has 22 heavy (non-hydrogen) atoms. The smallest absolute Gasteiger partial charge is 0.244 e. The number of rotatable bonds is 5. The lowest BCUT2D eigenvalue weighted by molar-refractivity contribution is -0.133. The number of nitrogens with one attached hydrogen (secondary N) is 1. The summed E-state index contributed by atoms with van der Waals surface area (Å²) in [6.07, 6.45) is 2.92. The van der Waals surface area contributed by atoms with E-state index in [0.29, 0.717) is 45.1 Å². The van der Waals surface area contributed by atoms with Gasteiger partial charge in [0.15, 0.2) is 14.6 Å². The normalized spacial score (nSPS) is 25.6. The third-order valence-corrected chi connectivity index (χ3v) is 7.29. The van der Waals surface area contributed by atoms with E-state index in [0.717, 1.165) is 19.5 Å². The molecule has 0 aromatic heterocycles. The first-order valence-corrected chi connectivity index (χ1v) is 10.2. The highest BCUT2D eigenvalue weighted by Gasteiger charge is 2.51. The first-order chi connectivity index (χ1) is 10.4. The summed E-state index contributed by atoms with van der Waals surface area (Å²) in [5, 5.41) is 3.16. The van der Waals surface area contributed by atoms with Gasteiger partial charge in [-0.3, -0.25) is 9.69 Å². The van der Waals surface area contributed by atoms with Gasteiger partial charge in [0, 0.05) is 25.4 Å². The molecule has 0 saturated carbocycles. The van der Waals surface area contributed by atoms with Crippen LogP contribution in [0.2, 0.25) is 0 Å². The summed E-state index contributed by atoms with van der Waals surface area (Å²) in [7, 11) is -3.42. The van der Waals surface area contributed by atoms with Crippen LogP contribution >= 0.6 is 0 Å². The van der Waals surface area contributed by atoms with Crippen molar-refractivity contribution in [2.75, 3.05) is 45.5 Å². The van der Waals surface area contributed by atoms with E-state index in [1.54, 1.807) is 4.90 Å². The average Bonchev–Trinajstić information content (AvgIpc) is 2.97. The van der Waals surface area contributed by atoms with Crippen molar-refractivity contribution in [3.63, 3.8) is 0 Å². The second-order valence-corrected chi connectivity index (χ2v) is 8.76. The van der Waals surface area contributed by atoms with E-state index in [-0.39, 0.29) is 5.91 Å². The van der Waals surface area contributed by atoms with Crippen molar-refractivity contribution in [1.82, 2.24) is 15.1 Å². The highest BCUT2D eigenvalue weighted by Crippen LogP contribution is 2.32. The number of carbonyl (C=O) groups excluding carboxylic acids is 1. The number of likely N-dealkylation sites (N-methyl/N-ethyl adjacent to an activating group) is 1. The standard InChI is InChI=1S/C15H29N3O3S/c1-4-17(5-2)13-6-11-18(12-13)14(19)15(22(3,20)21)7-9-16-10-8-15/h13,16H,4-12H2,1-3H3. The molecule has 1 unspecified atom stereocenters. The van der Waals surface area contributed by atoms with Gasteiger partial charge in [0.1, 0.15) is 0 Å². The summed E-state index contributed by atoms with van der Waals surface area (Å²) in [5.41, 5.74) is 0. The number of likely N-dealkylation sites (tertiary alicyclic amines) is 1. The van der Waals surface area contributed by atoms with Gasteiger partial charge in [0.25, 0.3) is 0 Å². The molecule has 6 nitrogen and oxygen atoms in total. The topological polar surface area (TPSA) is 69.7 Å². The molecule has 0 aromatic rings. The number of nitrogens with zero attached hydrogens (tertiary/aromatic N) is 2. The molecular weight excluding hydrogens is 302 g/mol. The molecule has 0 aromatic carbocycles. The Bertz CT molecular complexity index is 496. The average molecular weight is 331 g/mol. The first kappa shape index (κ1) is 17.7. The van der Waals surface area contributed by atoms with E-state index in [1.165, 1.54) is 6.26 Å². The number of sulfone groups is 1. The molecule has 0 radical (unpaired) electrons. The molecule has 1 amide bonds. The van der Waals surface area contributed by atoms with Crippen LogP contribution in [0.3, 0.4) is 0 Å². The lowest BCUT2D eigenvalue weighted by atomic mass is 9.95. The Balaban J connectivity index is 2.16. The Labute approximate surface area is 134 Å². The van der Waals surface area contributed by atoms with Gasteiger partial charge in [-0.15, -0.1) is 0 Å². The van der Waals surface area contributed by atoms with E-state index in [9.17, 15) is 13.2 Å². The zero-order valence-electron chi connectivity index (χ0n) is 14.0. The van der Waals surface area contributed by atoms with E-state index >= 15 is 0 Å². The van der Waals surface area contributed by atoms with Gasteiger partial charge in [0.05, 0.1) is 0 Å². The summed E-state index contributed by atoms with van der Waals surface area (Å²) >= 11 is 0. The summed E-state index contributed by atoms with van der Waals surface area (Å²) in [4.78, 5) is 17.2. The summed E-state index contributed by atoms with van der Waals surface area (Å²) in [6.45, 7) is 8.68. The number of carbonyl (C=O) groups is 1. The lowest BCUT2D eigenvalue weighted by Crippen LogP contribution is -2.58. The fourth-order valence-electron chi connectivity index (χ4n) is 3.83. The third-order valence-electron chi connectivity index (χ3n) is 5.29. The minimum Gasteiger partial charge on any atom is -0.340 e. The summed E-state index contributed by atoms with van der Waals surface area (Å²) in [6, 6.07) is 0.359. The molecule has 1 atom stereocenters. The van der Waals surface area contributed by atoms with Crippen LogP contribution in [-0.2, 0) is 14.6 Å². The van der Waals surface area contributed by atoms with Crippen LogP contribution < -0.4 is 5.32 Å². The van der Waals surface area contributed by atoms with Crippen molar-refractivity contribution in [3.8, 4) is 0 Å². The van der Waals surface area contributed by atoms with Gasteiger partial charge in [0.2, 0.25) is 5.91 Å². The van der Waals surface area contributed by atoms with Crippen molar-refractivity contribution in [2.45, 2.75) is 43.9 Å². The number of piperidine rings is 1. The maximum Gasteiger partial charge on any atom is 0.244 e. The quantitative estimate of drug-likeness (QED) is 0.773. The van der Waals surface area contributed by atoms with Crippen LogP contribution in [0.15, 0.2) is 0 Å². The fraction of sp³-hybridized carbons (Fsp3) is 0.933. The Morgan fingerprint density at radius 1 is 1.27 bits per heavy atom. The third kappa shape index (κ3) is 3.16. The molecule has 2 fully saturated rings. The molecule has 7 heteroatoms. The molecule has 0 bridgehead atoms. The monoisotopic (exact) mass is 331 g/mol. The second-order valence-electron chi connectivity index (χ2n) is 6.43. The van der Waals surface area contributed by atoms with E-state index in [2.05, 4.69) is 24.1 Å². The predicted molar refractivity (Wildman–Crippen MR) is 87.6 cm³/mol. The van der Waals surface area contributed by atoms with E-state index in [1.807, 2.05) is 0 Å². The van der Waals surface area contributed by atoms with Crippen LogP contribution in [-0.4, -0.2) is 80.4 Å². The van der Waals surface area contributed by atoms with Gasteiger partial charge in [-0.25, -0.2) is 8.42 Å². The minimum absolute atomic E-state index is 0.175. The molecule has 0 spiro atoms. The van der Waals surface area contributed by atoms with Gasteiger partial charge in [-0.2, -0.15) is 0 Å². The first-order valence-electron chi connectivity index (χ1n) is 8.29. The lowest BCUT2D eigenvalue weighted by Gasteiger charge is -2.37. The Kier molecular flexibility index (Phi) is 5.50. The van der Waals surface area contributed by atoms with Crippen LogP contribution in [0.25, 0.3) is 0 Å². The van der Waals surface area contributed by atoms with Crippen molar-refractivity contribution >= 4 is 15.7 Å². The Morgan fingerprint density at radius 2 is 1.86 bits per heavy atom. The highest BCUT2D eigenvalue weighted by atomic mass is 32.2. The minimum atomic E-state index is -3.42. The van der Waals surface area contributed by atoms with Crippen LogP contribution in [0, 0.1) is 0 Å². The molecule has 128 valence electrons. The van der Waals surface area contributed by atoms with Crippen molar-refractivity contribution in [1.29, 1.82) is 0 Å². The molecule has 2 rings (SSSR count). The van der Waals surface area contributed by atoms with Crippen molar-refractivity contribution < 1.29 is 13.2 Å². The molecule has 2 aliphatic heterocycles. The van der Waals surface area contributed by atoms with E-state index < -0.39 is 14.6 Å². The van der Waals surface area contributed by atoms with E-state index in [4.69, 9.17) is 0 Å². The summed E-state index contributed by atoms with van der Waals surface area (Å²) in [5.74, 6) is -0.175. The Morgan fingerprint density at radius 3 is 2.36 bits per heavy atom. The number of hydrogen-bond donors (Lipinski definition) is 1. The predicted octanol–water partition coefficient (Wildman–Crippen LogP) is 0.0959. The van der Waals surface area contributed by atoms with Crippen molar-refractivity contribution in [2.24, 2.45) is 0 Å². The number of hydrogen-bond acceptors (Lipinski definition) is 5. The molecule has 0 aliphatic carbocycles. The van der Waals surface area contributed by atoms with Crippen molar-refractivity contribution in [3.05, 3.63) is 0 Å². The van der Waals surface area contributed by atoms with Gasteiger partial charge < -0.3 is 10.2 Å². The van der Waals surface area contributed by atoms with Gasteiger partial charge >= 0.3 is 0 Å². The van der Waals surface area contributed by atoms with Gasteiger partial charge in [-0.1, -0.05) is 13.8 Å². The zero-order chi connectivity index (χ0) is 16.4. The molecule has 1 N–H and O–H groups in total. The summed E-state index contributed by atoms with van der Waals surface area (Å²) < 4.78 is 23.5. The SMILES string of the molecule is CCN(CC)C1CCN(C(=O)C2(S(C)(=O)=O)CCNCC2)C1. The Hall–Kier alpha value is -0.660. The largest absolute Gasteiger partial charge is 0.340 e. The molecule has 2 aliphatic rings. The van der Waals surface area contributed by atoms with Crippen LogP contribution in [0.1, 0.15) is 33.1 Å². The maximum absolute atomic E-state index is 13.0. The molecule has 2 heterocycles. The molecular formula is C15H29N3O3S.